The number of rotatable bonds is 4. The van der Waals surface area contributed by atoms with Crippen LogP contribution in [0.15, 0.2) is 47.8 Å². The summed E-state index contributed by atoms with van der Waals surface area (Å²) in [5, 5.41) is 14.6. The molecule has 150 valence electrons. The summed E-state index contributed by atoms with van der Waals surface area (Å²) in [4.78, 5) is 37.5. The number of imide groups is 1. The van der Waals surface area contributed by atoms with Gasteiger partial charge in [0.05, 0.1) is 24.8 Å². The van der Waals surface area contributed by atoms with Gasteiger partial charge < -0.3 is 15.4 Å². The summed E-state index contributed by atoms with van der Waals surface area (Å²) in [5.74, 6) is -0.761. The molecule has 29 heavy (non-hydrogen) atoms. The summed E-state index contributed by atoms with van der Waals surface area (Å²) in [7, 11) is 1.48. The molecule has 10 heteroatoms. The molecule has 0 saturated carbocycles. The molecule has 3 rings (SSSR count). The molecule has 1 aromatic carbocycles. The normalized spacial score (nSPS) is 23.5. The van der Waals surface area contributed by atoms with Crippen molar-refractivity contribution in [1.82, 2.24) is 21.1 Å². The van der Waals surface area contributed by atoms with E-state index in [4.69, 9.17) is 10.00 Å². The van der Waals surface area contributed by atoms with Crippen molar-refractivity contribution in [1.29, 1.82) is 5.26 Å². The highest BCUT2D eigenvalue weighted by Gasteiger charge is 2.50. The SMILES string of the molecule is COc1cccc(C2(C)NC(=O)N(NC(=O)NC3CC=C(F)C=C3C#N)C2=O)c1. The van der Waals surface area contributed by atoms with Crippen LogP contribution in [0.25, 0.3) is 0 Å². The highest BCUT2D eigenvalue weighted by molar-refractivity contribution is 6.08. The van der Waals surface area contributed by atoms with Crippen molar-refractivity contribution in [2.24, 2.45) is 0 Å². The molecule has 2 unspecified atom stereocenters. The molecule has 1 saturated heterocycles. The zero-order valence-corrected chi connectivity index (χ0v) is 15.7. The minimum Gasteiger partial charge on any atom is -0.497 e. The van der Waals surface area contributed by atoms with E-state index in [1.807, 2.05) is 6.07 Å². The van der Waals surface area contributed by atoms with Gasteiger partial charge in [0.25, 0.3) is 5.91 Å². The predicted molar refractivity (Wildman–Crippen MR) is 98.7 cm³/mol. The molecule has 2 aliphatic rings. The second-order valence-electron chi connectivity index (χ2n) is 6.60. The number of hydrogen-bond acceptors (Lipinski definition) is 5. The van der Waals surface area contributed by atoms with Crippen molar-refractivity contribution in [2.75, 3.05) is 7.11 Å². The van der Waals surface area contributed by atoms with E-state index in [0.29, 0.717) is 16.3 Å². The van der Waals surface area contributed by atoms with Gasteiger partial charge in [-0.1, -0.05) is 12.1 Å². The summed E-state index contributed by atoms with van der Waals surface area (Å²) in [6.45, 7) is 1.51. The Kier molecular flexibility index (Phi) is 5.23. The van der Waals surface area contributed by atoms with Gasteiger partial charge >= 0.3 is 12.1 Å². The number of hydrogen-bond donors (Lipinski definition) is 3. The van der Waals surface area contributed by atoms with Crippen LogP contribution in [0.4, 0.5) is 14.0 Å². The zero-order valence-electron chi connectivity index (χ0n) is 15.7. The molecule has 0 spiro atoms. The largest absolute Gasteiger partial charge is 0.497 e. The van der Waals surface area contributed by atoms with E-state index in [2.05, 4.69) is 16.1 Å². The van der Waals surface area contributed by atoms with Gasteiger partial charge in [0.1, 0.15) is 17.1 Å². The number of urea groups is 2. The standard InChI is InChI=1S/C19H18FN5O4/c1-19(12-4-3-5-14(9-12)29-2)16(26)25(18(28)23-19)24-17(27)22-15-7-6-13(20)8-11(15)10-21/h3-6,8-9,15H,7H2,1-2H3,(H,23,28)(H2,22,24,27). The number of ether oxygens (including phenoxy) is 1. The Morgan fingerprint density at radius 3 is 2.90 bits per heavy atom. The number of amides is 5. The summed E-state index contributed by atoms with van der Waals surface area (Å²) >= 11 is 0. The quantitative estimate of drug-likeness (QED) is 0.666. The van der Waals surface area contributed by atoms with E-state index in [0.717, 1.165) is 6.08 Å². The van der Waals surface area contributed by atoms with Crippen molar-refractivity contribution in [3.05, 3.63) is 53.4 Å². The Labute approximate surface area is 165 Å². The zero-order chi connectivity index (χ0) is 21.2. The average molecular weight is 399 g/mol. The van der Waals surface area contributed by atoms with Crippen molar-refractivity contribution in [3.8, 4) is 11.8 Å². The molecule has 1 heterocycles. The van der Waals surface area contributed by atoms with Gasteiger partial charge in [-0.25, -0.2) is 19.4 Å². The maximum atomic E-state index is 13.3. The van der Waals surface area contributed by atoms with Gasteiger partial charge in [0.15, 0.2) is 0 Å². The smallest absolute Gasteiger partial charge is 0.344 e. The Bertz CT molecular complexity index is 983. The van der Waals surface area contributed by atoms with Crippen LogP contribution < -0.4 is 20.8 Å². The lowest BCUT2D eigenvalue weighted by Crippen LogP contribution is -2.53. The second kappa shape index (κ2) is 7.63. The Morgan fingerprint density at radius 1 is 1.45 bits per heavy atom. The van der Waals surface area contributed by atoms with Gasteiger partial charge in [0.2, 0.25) is 0 Å². The molecular weight excluding hydrogens is 381 g/mol. The average Bonchev–Trinajstić information content (AvgIpc) is 2.93. The van der Waals surface area contributed by atoms with Gasteiger partial charge in [-0.05, 0) is 43.2 Å². The van der Waals surface area contributed by atoms with Crippen LogP contribution in [-0.2, 0) is 10.3 Å². The second-order valence-corrected chi connectivity index (χ2v) is 6.60. The Hall–Kier alpha value is -3.87. The van der Waals surface area contributed by atoms with Crippen molar-refractivity contribution >= 4 is 18.0 Å². The molecule has 3 N–H and O–H groups in total. The Balaban J connectivity index is 1.73. The number of nitrogens with zero attached hydrogens (tertiary/aromatic N) is 2. The number of methoxy groups -OCH3 is 1. The van der Waals surface area contributed by atoms with Crippen LogP contribution >= 0.6 is 0 Å². The van der Waals surface area contributed by atoms with Gasteiger partial charge in [0, 0.05) is 0 Å². The number of benzene rings is 1. The highest BCUT2D eigenvalue weighted by Crippen LogP contribution is 2.30. The van der Waals surface area contributed by atoms with Gasteiger partial charge in [-0.3, -0.25) is 4.79 Å². The summed E-state index contributed by atoms with van der Waals surface area (Å²) in [6, 6.07) is 5.96. The van der Waals surface area contributed by atoms with Crippen LogP contribution in [0, 0.1) is 11.3 Å². The first-order valence-corrected chi connectivity index (χ1v) is 8.64. The predicted octanol–water partition coefficient (Wildman–Crippen LogP) is 1.75. The van der Waals surface area contributed by atoms with E-state index in [1.165, 1.54) is 20.1 Å². The van der Waals surface area contributed by atoms with E-state index in [9.17, 15) is 18.8 Å². The summed E-state index contributed by atoms with van der Waals surface area (Å²) in [6.07, 6.45) is 2.31. The molecule has 9 nitrogen and oxygen atoms in total. The number of hydrazine groups is 1. The molecular formula is C19H18FN5O4. The monoisotopic (exact) mass is 399 g/mol. The van der Waals surface area contributed by atoms with Crippen molar-refractivity contribution in [2.45, 2.75) is 24.9 Å². The summed E-state index contributed by atoms with van der Waals surface area (Å²) in [5.41, 5.74) is 1.27. The number of carbonyl (C=O) groups is 3. The topological polar surface area (TPSA) is 124 Å². The van der Waals surface area contributed by atoms with Gasteiger partial charge in [-0.2, -0.15) is 10.3 Å². The molecule has 0 aromatic heterocycles. The van der Waals surface area contributed by atoms with Gasteiger partial charge in [-0.15, -0.1) is 0 Å². The van der Waals surface area contributed by atoms with Crippen LogP contribution in [-0.4, -0.2) is 36.1 Å². The highest BCUT2D eigenvalue weighted by atomic mass is 19.1. The maximum Gasteiger partial charge on any atom is 0.344 e. The van der Waals surface area contributed by atoms with Crippen molar-refractivity contribution in [3.63, 3.8) is 0 Å². The molecule has 5 amide bonds. The van der Waals surface area contributed by atoms with E-state index in [-0.39, 0.29) is 12.0 Å². The molecule has 0 bridgehead atoms. The van der Waals surface area contributed by atoms with E-state index in [1.54, 1.807) is 24.3 Å². The molecule has 1 aliphatic carbocycles. The van der Waals surface area contributed by atoms with Crippen LogP contribution in [0.1, 0.15) is 18.9 Å². The lowest BCUT2D eigenvalue weighted by atomic mass is 9.92. The first-order chi connectivity index (χ1) is 13.8. The fourth-order valence-corrected chi connectivity index (χ4v) is 3.07. The lowest BCUT2D eigenvalue weighted by Gasteiger charge is -2.23. The van der Waals surface area contributed by atoms with Crippen LogP contribution in [0.5, 0.6) is 5.75 Å². The fourth-order valence-electron chi connectivity index (χ4n) is 3.07. The number of halogens is 1. The fraction of sp³-hybridized carbons (Fsp3) is 0.263. The molecule has 0 radical (unpaired) electrons. The molecule has 1 fully saturated rings. The van der Waals surface area contributed by atoms with E-state index >= 15 is 0 Å². The maximum absolute atomic E-state index is 13.3. The molecule has 1 aromatic rings. The molecule has 2 atom stereocenters. The Morgan fingerprint density at radius 2 is 2.21 bits per heavy atom. The summed E-state index contributed by atoms with van der Waals surface area (Å²) < 4.78 is 18.4. The lowest BCUT2D eigenvalue weighted by molar-refractivity contribution is -0.132. The minimum absolute atomic E-state index is 0.0265. The van der Waals surface area contributed by atoms with Crippen LogP contribution in [0.3, 0.4) is 0 Å². The first-order valence-electron chi connectivity index (χ1n) is 8.64. The van der Waals surface area contributed by atoms with Crippen LogP contribution in [0.2, 0.25) is 0 Å². The van der Waals surface area contributed by atoms with Crippen molar-refractivity contribution < 1.29 is 23.5 Å². The number of allylic oxidation sites excluding steroid dienone is 2. The number of nitriles is 1. The molecule has 1 aliphatic heterocycles. The third-order valence-corrected chi connectivity index (χ3v) is 4.70. The number of carbonyl (C=O) groups excluding carboxylic acids is 3. The van der Waals surface area contributed by atoms with E-state index < -0.39 is 35.4 Å². The third kappa shape index (κ3) is 3.75. The number of nitrogens with one attached hydrogen (secondary N) is 3. The minimum atomic E-state index is -1.41. The third-order valence-electron chi connectivity index (χ3n) is 4.70. The first kappa shape index (κ1) is 19.9.